The van der Waals surface area contributed by atoms with Crippen molar-refractivity contribution in [2.75, 3.05) is 11.1 Å². The van der Waals surface area contributed by atoms with Crippen LogP contribution in [0.15, 0.2) is 20.3 Å². The molecule has 3 heterocycles. The molecular formula is C15H19N7O3S2. The number of nitrogens with one attached hydrogen (secondary N) is 1. The van der Waals surface area contributed by atoms with E-state index in [0.717, 1.165) is 14.7 Å². The molecule has 0 fully saturated rings. The third kappa shape index (κ3) is 3.41. The monoisotopic (exact) mass is 409 g/mol. The number of aromatic nitrogens is 6. The zero-order valence-electron chi connectivity index (χ0n) is 15.3. The van der Waals surface area contributed by atoms with Crippen LogP contribution in [-0.2, 0) is 18.9 Å². The molecule has 27 heavy (non-hydrogen) atoms. The van der Waals surface area contributed by atoms with Crippen LogP contribution in [0.5, 0.6) is 0 Å². The van der Waals surface area contributed by atoms with E-state index in [9.17, 15) is 14.4 Å². The fourth-order valence-corrected chi connectivity index (χ4v) is 4.39. The summed E-state index contributed by atoms with van der Waals surface area (Å²) in [7, 11) is 2.94. The molecule has 0 saturated heterocycles. The summed E-state index contributed by atoms with van der Waals surface area (Å²) in [6.45, 7) is 3.84. The SMILES string of the molecule is CCSc1nnc(NC(=O)C(CC)n2cnc3c2c(=O)n(C)c(=O)n3C)s1. The van der Waals surface area contributed by atoms with Gasteiger partial charge >= 0.3 is 5.69 Å². The van der Waals surface area contributed by atoms with Crippen LogP contribution < -0.4 is 16.6 Å². The van der Waals surface area contributed by atoms with Crippen molar-refractivity contribution in [2.24, 2.45) is 14.1 Å². The molecule has 0 aromatic carbocycles. The van der Waals surface area contributed by atoms with E-state index in [2.05, 4.69) is 20.5 Å². The Morgan fingerprint density at radius 1 is 1.26 bits per heavy atom. The van der Waals surface area contributed by atoms with Crippen molar-refractivity contribution < 1.29 is 4.79 Å². The van der Waals surface area contributed by atoms with Crippen molar-refractivity contribution in [3.63, 3.8) is 0 Å². The molecule has 12 heteroatoms. The van der Waals surface area contributed by atoms with Gasteiger partial charge in [0.05, 0.1) is 6.33 Å². The van der Waals surface area contributed by atoms with E-state index in [4.69, 9.17) is 0 Å². The summed E-state index contributed by atoms with van der Waals surface area (Å²) in [4.78, 5) is 41.6. The first kappa shape index (κ1) is 19.3. The van der Waals surface area contributed by atoms with E-state index in [-0.39, 0.29) is 17.1 Å². The highest BCUT2D eigenvalue weighted by molar-refractivity contribution is 8.01. The Morgan fingerprint density at radius 2 is 2.00 bits per heavy atom. The van der Waals surface area contributed by atoms with Crippen molar-refractivity contribution in [3.8, 4) is 0 Å². The van der Waals surface area contributed by atoms with Crippen LogP contribution in [0, 0.1) is 0 Å². The Bertz CT molecular complexity index is 1110. The highest BCUT2D eigenvalue weighted by atomic mass is 32.2. The molecule has 0 aliphatic rings. The van der Waals surface area contributed by atoms with E-state index in [1.165, 1.54) is 40.9 Å². The Hall–Kier alpha value is -2.47. The lowest BCUT2D eigenvalue weighted by molar-refractivity contribution is -0.119. The molecule has 144 valence electrons. The van der Waals surface area contributed by atoms with E-state index in [0.29, 0.717) is 11.6 Å². The van der Waals surface area contributed by atoms with Gasteiger partial charge in [-0.1, -0.05) is 36.9 Å². The number of fused-ring (bicyclic) bond motifs is 1. The molecule has 3 rings (SSSR count). The zero-order valence-corrected chi connectivity index (χ0v) is 16.9. The molecular weight excluding hydrogens is 390 g/mol. The molecule has 1 atom stereocenters. The normalized spacial score (nSPS) is 12.4. The second kappa shape index (κ2) is 7.64. The third-order valence-corrected chi connectivity index (χ3v) is 5.96. The number of aryl methyl sites for hydroxylation is 1. The number of hydrogen-bond acceptors (Lipinski definition) is 8. The van der Waals surface area contributed by atoms with Crippen molar-refractivity contribution in [3.05, 3.63) is 27.2 Å². The van der Waals surface area contributed by atoms with Gasteiger partial charge in [0, 0.05) is 14.1 Å². The van der Waals surface area contributed by atoms with Crippen LogP contribution in [-0.4, -0.2) is 40.5 Å². The van der Waals surface area contributed by atoms with Crippen LogP contribution >= 0.6 is 23.1 Å². The standard InChI is InChI=1S/C15H19N7O3S2/c1-5-8(11(23)17-13-18-19-14(27-13)26-6-2)22-7-16-10-9(22)12(24)21(4)15(25)20(10)3/h7-8H,5-6H2,1-4H3,(H,17,18,23). The molecule has 1 N–H and O–H groups in total. The number of imidazole rings is 1. The van der Waals surface area contributed by atoms with E-state index in [1.54, 1.807) is 11.8 Å². The molecule has 3 aromatic heterocycles. The molecule has 10 nitrogen and oxygen atoms in total. The van der Waals surface area contributed by atoms with Crippen LogP contribution in [0.4, 0.5) is 5.13 Å². The molecule has 0 spiro atoms. The molecule has 3 aromatic rings. The maximum atomic E-state index is 12.8. The van der Waals surface area contributed by atoms with E-state index >= 15 is 0 Å². The molecule has 0 radical (unpaired) electrons. The van der Waals surface area contributed by atoms with Gasteiger partial charge < -0.3 is 4.57 Å². The van der Waals surface area contributed by atoms with E-state index in [1.807, 2.05) is 13.8 Å². The highest BCUT2D eigenvalue weighted by Crippen LogP contribution is 2.26. The Balaban J connectivity index is 1.99. The number of carbonyl (C=O) groups is 1. The van der Waals surface area contributed by atoms with Crippen LogP contribution in [0.1, 0.15) is 26.3 Å². The molecule has 1 unspecified atom stereocenters. The van der Waals surface area contributed by atoms with Gasteiger partial charge in [-0.25, -0.2) is 9.78 Å². The van der Waals surface area contributed by atoms with Crippen molar-refractivity contribution >= 4 is 45.3 Å². The van der Waals surface area contributed by atoms with Crippen LogP contribution in [0.25, 0.3) is 11.2 Å². The number of hydrogen-bond donors (Lipinski definition) is 1. The van der Waals surface area contributed by atoms with Crippen molar-refractivity contribution in [1.29, 1.82) is 0 Å². The van der Waals surface area contributed by atoms with Gasteiger partial charge in [-0.3, -0.25) is 24.0 Å². The highest BCUT2D eigenvalue weighted by Gasteiger charge is 2.25. The Labute approximate surface area is 162 Å². The fraction of sp³-hybridized carbons (Fsp3) is 0.467. The first-order valence-electron chi connectivity index (χ1n) is 8.28. The largest absolute Gasteiger partial charge is 0.332 e. The first-order valence-corrected chi connectivity index (χ1v) is 10.1. The molecule has 0 aliphatic heterocycles. The number of anilines is 1. The Kier molecular flexibility index (Phi) is 5.46. The van der Waals surface area contributed by atoms with Gasteiger partial charge in [-0.05, 0) is 12.2 Å². The third-order valence-electron chi connectivity index (χ3n) is 4.10. The summed E-state index contributed by atoms with van der Waals surface area (Å²) < 4.78 is 4.58. The lowest BCUT2D eigenvalue weighted by Gasteiger charge is -2.16. The first-order chi connectivity index (χ1) is 12.9. The summed E-state index contributed by atoms with van der Waals surface area (Å²) in [5.74, 6) is 0.542. The predicted molar refractivity (Wildman–Crippen MR) is 104 cm³/mol. The molecule has 0 saturated carbocycles. The maximum absolute atomic E-state index is 12.8. The average Bonchev–Trinajstić information content (AvgIpc) is 3.26. The van der Waals surface area contributed by atoms with Crippen molar-refractivity contribution in [1.82, 2.24) is 28.9 Å². The van der Waals surface area contributed by atoms with Gasteiger partial charge in [0.2, 0.25) is 11.0 Å². The fourth-order valence-electron chi connectivity index (χ4n) is 2.74. The average molecular weight is 409 g/mol. The second-order valence-electron chi connectivity index (χ2n) is 5.75. The van der Waals surface area contributed by atoms with E-state index < -0.39 is 17.3 Å². The number of carbonyl (C=O) groups excluding carboxylic acids is 1. The van der Waals surface area contributed by atoms with Gasteiger partial charge in [-0.2, -0.15) is 0 Å². The van der Waals surface area contributed by atoms with Gasteiger partial charge in [0.25, 0.3) is 5.56 Å². The van der Waals surface area contributed by atoms with Crippen LogP contribution in [0.2, 0.25) is 0 Å². The zero-order chi connectivity index (χ0) is 19.7. The van der Waals surface area contributed by atoms with Gasteiger partial charge in [0.15, 0.2) is 15.5 Å². The summed E-state index contributed by atoms with van der Waals surface area (Å²) in [6.07, 6.45) is 1.84. The molecule has 0 aliphatic carbocycles. The summed E-state index contributed by atoms with van der Waals surface area (Å²) in [6, 6.07) is -0.675. The molecule has 1 amide bonds. The Morgan fingerprint density at radius 3 is 2.67 bits per heavy atom. The smallest absolute Gasteiger partial charge is 0.312 e. The summed E-state index contributed by atoms with van der Waals surface area (Å²) in [5, 5.41) is 11.1. The number of nitrogens with zero attached hydrogens (tertiary/aromatic N) is 6. The van der Waals surface area contributed by atoms with Crippen molar-refractivity contribution in [2.45, 2.75) is 30.6 Å². The number of thioether (sulfide) groups is 1. The topological polar surface area (TPSA) is 117 Å². The number of amides is 1. The summed E-state index contributed by atoms with van der Waals surface area (Å²) in [5.41, 5.74) is -0.507. The lowest BCUT2D eigenvalue weighted by Crippen LogP contribution is -2.38. The lowest BCUT2D eigenvalue weighted by atomic mass is 10.2. The second-order valence-corrected chi connectivity index (χ2v) is 8.24. The molecule has 0 bridgehead atoms. The minimum atomic E-state index is -0.675. The minimum Gasteiger partial charge on any atom is -0.312 e. The minimum absolute atomic E-state index is 0.209. The van der Waals surface area contributed by atoms with Gasteiger partial charge in [-0.15, -0.1) is 10.2 Å². The maximum Gasteiger partial charge on any atom is 0.332 e. The van der Waals surface area contributed by atoms with Crippen LogP contribution in [0.3, 0.4) is 0 Å². The predicted octanol–water partition coefficient (Wildman–Crippen LogP) is 0.987. The van der Waals surface area contributed by atoms with Gasteiger partial charge in [0.1, 0.15) is 6.04 Å². The summed E-state index contributed by atoms with van der Waals surface area (Å²) >= 11 is 2.84. The number of rotatable bonds is 6. The quantitative estimate of drug-likeness (QED) is 0.476.